The van der Waals surface area contributed by atoms with Gasteiger partial charge in [0, 0.05) is 54.6 Å². The molecular formula is C31H30ClFN4O4. The lowest BCUT2D eigenvalue weighted by atomic mass is 10.0. The number of hydrogen-bond acceptors (Lipinski definition) is 6. The highest BCUT2D eigenvalue weighted by molar-refractivity contribution is 6.30. The summed E-state index contributed by atoms with van der Waals surface area (Å²) in [6.45, 7) is 1.51. The second-order valence-corrected chi connectivity index (χ2v) is 10.4. The number of rotatable bonds is 9. The van der Waals surface area contributed by atoms with Gasteiger partial charge in [0.1, 0.15) is 17.3 Å². The van der Waals surface area contributed by atoms with E-state index >= 15 is 0 Å². The Morgan fingerprint density at radius 2 is 1.61 bits per heavy atom. The van der Waals surface area contributed by atoms with Gasteiger partial charge in [-0.25, -0.2) is 4.39 Å². The summed E-state index contributed by atoms with van der Waals surface area (Å²) in [7, 11) is 0. The van der Waals surface area contributed by atoms with E-state index in [-0.39, 0.29) is 23.1 Å². The summed E-state index contributed by atoms with van der Waals surface area (Å²) in [4.78, 5) is 29.8. The maximum atomic E-state index is 13.8. The topological polar surface area (TPSA) is 106 Å². The number of hydrogen-bond donors (Lipinski definition) is 3. The third-order valence-corrected chi connectivity index (χ3v) is 7.41. The number of nitrogens with zero attached hydrogens (tertiary/aromatic N) is 2. The van der Waals surface area contributed by atoms with Crippen molar-refractivity contribution in [2.24, 2.45) is 5.92 Å². The van der Waals surface area contributed by atoms with Crippen LogP contribution >= 0.6 is 11.6 Å². The Hall–Kier alpha value is -4.21. The van der Waals surface area contributed by atoms with Crippen LogP contribution in [0.1, 0.15) is 18.4 Å². The lowest BCUT2D eigenvalue weighted by molar-refractivity contribution is -0.134. The van der Waals surface area contributed by atoms with Crippen LogP contribution in [0.15, 0.2) is 78.2 Å². The number of carbonyl (C=O) groups is 2. The number of piperazine rings is 1. The molecule has 0 atom stereocenters. The average Bonchev–Trinajstić information content (AvgIpc) is 3.85. The predicted octanol–water partition coefficient (Wildman–Crippen LogP) is 5.07. The first-order valence-corrected chi connectivity index (χ1v) is 13.8. The van der Waals surface area contributed by atoms with Gasteiger partial charge in [0.05, 0.1) is 6.61 Å². The molecule has 2 amide bonds. The summed E-state index contributed by atoms with van der Waals surface area (Å²) in [6, 6.07) is 18.1. The van der Waals surface area contributed by atoms with Gasteiger partial charge in [-0.05, 0) is 72.5 Å². The van der Waals surface area contributed by atoms with Gasteiger partial charge in [-0.3, -0.25) is 9.59 Å². The summed E-state index contributed by atoms with van der Waals surface area (Å²) >= 11 is 5.99. The molecule has 1 aliphatic carbocycles. The van der Waals surface area contributed by atoms with Crippen molar-refractivity contribution in [3.63, 3.8) is 0 Å². The largest absolute Gasteiger partial charge is 0.449 e. The maximum absolute atomic E-state index is 13.8. The van der Waals surface area contributed by atoms with Crippen LogP contribution in [0.3, 0.4) is 0 Å². The van der Waals surface area contributed by atoms with Gasteiger partial charge in [-0.15, -0.1) is 0 Å². The summed E-state index contributed by atoms with van der Waals surface area (Å²) in [5.41, 5.74) is 2.49. The lowest BCUT2D eigenvalue weighted by Gasteiger charge is -2.36. The van der Waals surface area contributed by atoms with Crippen molar-refractivity contribution in [3.8, 4) is 16.9 Å². The van der Waals surface area contributed by atoms with E-state index in [0.29, 0.717) is 48.3 Å². The van der Waals surface area contributed by atoms with Crippen LogP contribution in [0.25, 0.3) is 11.1 Å². The molecule has 0 radical (unpaired) electrons. The number of nitrogens with one attached hydrogen (secondary N) is 2. The van der Waals surface area contributed by atoms with Gasteiger partial charge >= 0.3 is 0 Å². The predicted molar refractivity (Wildman–Crippen MR) is 155 cm³/mol. The molecule has 3 N–H and O–H groups in total. The minimum atomic E-state index is -0.544. The molecule has 2 aliphatic rings. The number of anilines is 1. The highest BCUT2D eigenvalue weighted by atomic mass is 35.5. The number of aliphatic hydroxyl groups is 1. The minimum Gasteiger partial charge on any atom is -0.449 e. The molecule has 1 saturated carbocycles. The van der Waals surface area contributed by atoms with Crippen LogP contribution in [0, 0.1) is 17.1 Å². The Morgan fingerprint density at radius 3 is 2.22 bits per heavy atom. The Balaban J connectivity index is 1.40. The lowest BCUT2D eigenvalue weighted by Crippen LogP contribution is -2.49. The van der Waals surface area contributed by atoms with Crippen molar-refractivity contribution in [2.75, 3.05) is 31.5 Å². The minimum absolute atomic E-state index is 0.0611. The average molecular weight is 577 g/mol. The molecule has 5 rings (SSSR count). The van der Waals surface area contributed by atoms with Crippen molar-refractivity contribution in [3.05, 3.63) is 94.6 Å². The molecule has 10 heteroatoms. The molecule has 41 heavy (non-hydrogen) atoms. The third-order valence-electron chi connectivity index (χ3n) is 7.16. The molecule has 1 aliphatic heterocycles. The van der Waals surface area contributed by atoms with Gasteiger partial charge in [0.2, 0.25) is 11.7 Å². The Bertz CT molecular complexity index is 1460. The molecule has 212 valence electrons. The van der Waals surface area contributed by atoms with Crippen LogP contribution in [-0.2, 0) is 16.2 Å². The smallest absolute Gasteiger partial charge is 0.293 e. The van der Waals surface area contributed by atoms with Crippen LogP contribution in [0.4, 0.5) is 10.1 Å². The summed E-state index contributed by atoms with van der Waals surface area (Å²) in [5, 5.41) is 20.9. The SMILES string of the molecule is N=C/C(=C(/Oc1ccc(-c2ccc(F)c(CO)c2)cc1)C(=O)Nc1ccc(Cl)cc1)N1CCN(C(=O)C2CC2)CC1. The molecule has 8 nitrogen and oxygen atoms in total. The zero-order valence-corrected chi connectivity index (χ0v) is 23.0. The van der Waals surface area contributed by atoms with E-state index in [2.05, 4.69) is 5.32 Å². The van der Waals surface area contributed by atoms with Crippen LogP contribution in [0.2, 0.25) is 5.02 Å². The van der Waals surface area contributed by atoms with E-state index in [4.69, 9.17) is 21.7 Å². The molecule has 1 saturated heterocycles. The first kappa shape index (κ1) is 28.3. The van der Waals surface area contributed by atoms with E-state index in [0.717, 1.165) is 30.2 Å². The molecule has 0 unspecified atom stereocenters. The number of allylic oxidation sites excluding steroid dienone is 1. The number of carbonyl (C=O) groups excluding carboxylic acids is 2. The molecular weight excluding hydrogens is 547 g/mol. The molecule has 3 aromatic rings. The first-order valence-electron chi connectivity index (χ1n) is 13.4. The van der Waals surface area contributed by atoms with Gasteiger partial charge in [-0.2, -0.15) is 0 Å². The third kappa shape index (κ3) is 6.75. The van der Waals surface area contributed by atoms with E-state index in [1.165, 1.54) is 6.07 Å². The number of ether oxygens (including phenoxy) is 1. The van der Waals surface area contributed by atoms with E-state index < -0.39 is 18.3 Å². The monoisotopic (exact) mass is 576 g/mol. The highest BCUT2D eigenvalue weighted by Gasteiger charge is 2.35. The fourth-order valence-electron chi connectivity index (χ4n) is 4.70. The number of amides is 2. The molecule has 1 heterocycles. The van der Waals surface area contributed by atoms with Gasteiger partial charge in [0.25, 0.3) is 5.91 Å². The summed E-state index contributed by atoms with van der Waals surface area (Å²) in [5.74, 6) is -0.409. The number of halogens is 2. The van der Waals surface area contributed by atoms with Gasteiger partial charge < -0.3 is 30.4 Å². The summed E-state index contributed by atoms with van der Waals surface area (Å²) in [6.07, 6.45) is 2.98. The zero-order valence-electron chi connectivity index (χ0n) is 22.3. The second kappa shape index (κ2) is 12.5. The highest BCUT2D eigenvalue weighted by Crippen LogP contribution is 2.32. The van der Waals surface area contributed by atoms with Gasteiger partial charge in [-0.1, -0.05) is 29.8 Å². The normalized spacial score (nSPS) is 15.7. The fraction of sp³-hybridized carbons (Fsp3) is 0.258. The van der Waals surface area contributed by atoms with Crippen LogP contribution in [-0.4, -0.2) is 59.1 Å². The van der Waals surface area contributed by atoms with Gasteiger partial charge in [0.15, 0.2) is 0 Å². The maximum Gasteiger partial charge on any atom is 0.293 e. The van der Waals surface area contributed by atoms with Crippen LogP contribution in [0.5, 0.6) is 5.75 Å². The Labute approximate surface area is 242 Å². The molecule has 0 spiro atoms. The number of benzene rings is 3. The molecule has 0 bridgehead atoms. The van der Waals surface area contributed by atoms with E-state index in [1.807, 2.05) is 9.80 Å². The van der Waals surface area contributed by atoms with E-state index in [9.17, 15) is 19.1 Å². The standard InChI is InChI=1S/C31H30ClFN4O4/c32-24-6-8-25(9-7-24)35-30(39)29(28(18-34)36-13-15-37(16-14-36)31(40)21-1-2-21)41-26-10-3-20(4-11-26)22-5-12-27(33)23(17-22)19-38/h3-12,17-18,21,34,38H,1-2,13-16,19H2,(H,35,39)/b29-28-,34-18?. The van der Waals surface area contributed by atoms with Crippen molar-refractivity contribution in [1.82, 2.24) is 9.80 Å². The second-order valence-electron chi connectivity index (χ2n) is 10.00. The van der Waals surface area contributed by atoms with Crippen molar-refractivity contribution >= 4 is 35.3 Å². The summed E-state index contributed by atoms with van der Waals surface area (Å²) < 4.78 is 20.0. The molecule has 2 fully saturated rings. The molecule has 0 aromatic heterocycles. The fourth-order valence-corrected chi connectivity index (χ4v) is 4.83. The molecule has 3 aromatic carbocycles. The zero-order chi connectivity index (χ0) is 28.9. The van der Waals surface area contributed by atoms with Crippen LogP contribution < -0.4 is 10.1 Å². The van der Waals surface area contributed by atoms with Crippen molar-refractivity contribution in [2.45, 2.75) is 19.4 Å². The first-order chi connectivity index (χ1) is 19.9. The van der Waals surface area contributed by atoms with Crippen molar-refractivity contribution < 1.29 is 23.8 Å². The quantitative estimate of drug-likeness (QED) is 0.187. The Morgan fingerprint density at radius 1 is 0.976 bits per heavy atom. The van der Waals surface area contributed by atoms with E-state index in [1.54, 1.807) is 60.7 Å². The van der Waals surface area contributed by atoms with Crippen molar-refractivity contribution in [1.29, 1.82) is 5.41 Å². The Kier molecular flexibility index (Phi) is 8.66. The number of aliphatic hydroxyl groups excluding tert-OH is 1.